The molecule has 0 aromatic heterocycles. The number of ether oxygens (including phenoxy) is 1. The summed E-state index contributed by atoms with van der Waals surface area (Å²) in [6.45, 7) is 2.29. The maximum atomic E-state index is 6.29. The Morgan fingerprint density at radius 2 is 1.18 bits per heavy atom. The minimum absolute atomic E-state index is 0.492. The Labute approximate surface area is 176 Å². The fourth-order valence-electron chi connectivity index (χ4n) is 4.34. The maximum Gasteiger partial charge on any atom is 0.502 e. The second kappa shape index (κ2) is 15.8. The van der Waals surface area contributed by atoms with Gasteiger partial charge in [0.25, 0.3) is 0 Å². The van der Waals surface area contributed by atoms with Gasteiger partial charge < -0.3 is 18.0 Å². The van der Waals surface area contributed by atoms with Gasteiger partial charge in [-0.15, -0.1) is 0 Å². The molecule has 0 N–H and O–H groups in total. The summed E-state index contributed by atoms with van der Waals surface area (Å²) in [5, 5.41) is 0. The summed E-state index contributed by atoms with van der Waals surface area (Å²) >= 11 is 0. The second-order valence-corrected chi connectivity index (χ2v) is 11.4. The molecule has 28 heavy (non-hydrogen) atoms. The molecule has 1 rings (SSSR count). The summed E-state index contributed by atoms with van der Waals surface area (Å²) < 4.78 is 23.3. The van der Waals surface area contributed by atoms with E-state index in [2.05, 4.69) is 6.92 Å². The summed E-state index contributed by atoms with van der Waals surface area (Å²) in [7, 11) is 2.65. The first kappa shape index (κ1) is 26.1. The molecule has 0 aliphatic carbocycles. The van der Waals surface area contributed by atoms with Gasteiger partial charge in [0.15, 0.2) is 5.79 Å². The van der Waals surface area contributed by atoms with Crippen molar-refractivity contribution < 1.29 is 18.0 Å². The lowest BCUT2D eigenvalue weighted by Gasteiger charge is -2.43. The Balaban J connectivity index is 2.01. The highest BCUT2D eigenvalue weighted by Gasteiger charge is 2.51. The van der Waals surface area contributed by atoms with E-state index in [0.29, 0.717) is 0 Å². The van der Waals surface area contributed by atoms with Crippen molar-refractivity contribution in [3.8, 4) is 0 Å². The summed E-state index contributed by atoms with van der Waals surface area (Å²) in [6, 6.07) is 0.893. The number of unbranched alkanes of at least 4 members (excludes halogenated alkanes) is 13. The van der Waals surface area contributed by atoms with Gasteiger partial charge in [0.1, 0.15) is 0 Å². The topological polar surface area (TPSA) is 36.9 Å². The van der Waals surface area contributed by atoms with Gasteiger partial charge in [0.05, 0.1) is 0 Å². The molecule has 1 aliphatic heterocycles. The first-order chi connectivity index (χ1) is 13.7. The van der Waals surface area contributed by atoms with E-state index in [1.165, 1.54) is 83.5 Å². The first-order valence-corrected chi connectivity index (χ1v) is 13.9. The molecule has 1 heterocycles. The van der Waals surface area contributed by atoms with Crippen LogP contribution in [0.1, 0.15) is 116 Å². The molecule has 0 radical (unpaired) electrons. The molecule has 0 aromatic carbocycles. The van der Waals surface area contributed by atoms with Crippen LogP contribution in [-0.2, 0) is 18.0 Å². The van der Waals surface area contributed by atoms with Crippen molar-refractivity contribution >= 4 is 8.80 Å². The van der Waals surface area contributed by atoms with Crippen molar-refractivity contribution in [2.45, 2.75) is 128 Å². The lowest BCUT2D eigenvalue weighted by atomic mass is 10.0. The van der Waals surface area contributed by atoms with E-state index < -0.39 is 14.6 Å². The highest BCUT2D eigenvalue weighted by Crippen LogP contribution is 2.38. The Hall–Kier alpha value is 0.0569. The van der Waals surface area contributed by atoms with Gasteiger partial charge in [-0.2, -0.15) is 0 Å². The summed E-state index contributed by atoms with van der Waals surface area (Å²) in [5.41, 5.74) is 0. The second-order valence-electron chi connectivity index (χ2n) is 8.51. The largest absolute Gasteiger partial charge is 0.502 e. The minimum atomic E-state index is -2.52. The van der Waals surface area contributed by atoms with Crippen LogP contribution in [0.2, 0.25) is 6.04 Å². The average molecular weight is 417 g/mol. The van der Waals surface area contributed by atoms with Crippen molar-refractivity contribution in [3.63, 3.8) is 0 Å². The SMILES string of the molecule is CCCCCCCCCCCCCCCCC1(OC)CCC[Si](OC)(OC)O1. The first-order valence-electron chi connectivity index (χ1n) is 12.0. The monoisotopic (exact) mass is 416 g/mol. The smallest absolute Gasteiger partial charge is 0.377 e. The molecule has 1 fully saturated rings. The minimum Gasteiger partial charge on any atom is -0.377 e. The predicted octanol–water partition coefficient (Wildman–Crippen LogP) is 7.24. The molecule has 1 aliphatic rings. The Kier molecular flexibility index (Phi) is 14.8. The fraction of sp³-hybridized carbons (Fsp3) is 1.00. The third-order valence-corrected chi connectivity index (χ3v) is 9.18. The van der Waals surface area contributed by atoms with Crippen molar-refractivity contribution in [1.82, 2.24) is 0 Å². The molecular weight excluding hydrogens is 368 g/mol. The van der Waals surface area contributed by atoms with Crippen LogP contribution in [0.3, 0.4) is 0 Å². The Bertz CT molecular complexity index is 363. The molecule has 0 spiro atoms. The molecular formula is C23H48O4Si. The van der Waals surface area contributed by atoms with Crippen LogP contribution in [-0.4, -0.2) is 35.9 Å². The van der Waals surface area contributed by atoms with Gasteiger partial charge in [-0.05, 0) is 12.8 Å². The van der Waals surface area contributed by atoms with Gasteiger partial charge in [-0.3, -0.25) is 0 Å². The molecule has 1 atom stereocenters. The van der Waals surface area contributed by atoms with Crippen LogP contribution in [0.4, 0.5) is 0 Å². The Morgan fingerprint density at radius 1 is 0.714 bits per heavy atom. The molecule has 1 unspecified atom stereocenters. The zero-order valence-electron chi connectivity index (χ0n) is 19.4. The van der Waals surface area contributed by atoms with Gasteiger partial charge in [0, 0.05) is 40.2 Å². The van der Waals surface area contributed by atoms with Crippen LogP contribution >= 0.6 is 0 Å². The van der Waals surface area contributed by atoms with E-state index >= 15 is 0 Å². The van der Waals surface area contributed by atoms with Crippen LogP contribution in [0.15, 0.2) is 0 Å². The van der Waals surface area contributed by atoms with Gasteiger partial charge >= 0.3 is 8.80 Å². The molecule has 0 aromatic rings. The number of methoxy groups -OCH3 is 1. The average Bonchev–Trinajstić information content (AvgIpc) is 2.74. The third-order valence-electron chi connectivity index (χ3n) is 6.29. The van der Waals surface area contributed by atoms with E-state index in [-0.39, 0.29) is 0 Å². The molecule has 0 bridgehead atoms. The molecule has 5 heteroatoms. The standard InChI is InChI=1S/C23H48O4Si/c1-5-6-7-8-9-10-11-12-13-14-15-16-17-18-20-23(24-2)21-19-22-28(25-3,26-4)27-23/h5-22H2,1-4H3. The molecule has 4 nitrogen and oxygen atoms in total. The number of hydrogen-bond acceptors (Lipinski definition) is 4. The normalized spacial score (nSPS) is 21.9. The van der Waals surface area contributed by atoms with Crippen molar-refractivity contribution in [2.75, 3.05) is 21.3 Å². The maximum absolute atomic E-state index is 6.29. The van der Waals surface area contributed by atoms with Gasteiger partial charge in [-0.1, -0.05) is 90.4 Å². The fourth-order valence-corrected chi connectivity index (χ4v) is 6.65. The van der Waals surface area contributed by atoms with Crippen molar-refractivity contribution in [3.05, 3.63) is 0 Å². The van der Waals surface area contributed by atoms with E-state index in [0.717, 1.165) is 31.7 Å². The Morgan fingerprint density at radius 3 is 1.61 bits per heavy atom. The zero-order chi connectivity index (χ0) is 20.6. The summed E-state index contributed by atoms with van der Waals surface area (Å²) in [5.74, 6) is -0.492. The molecule has 168 valence electrons. The highest BCUT2D eigenvalue weighted by atomic mass is 28.4. The number of hydrogen-bond donors (Lipinski definition) is 0. The third kappa shape index (κ3) is 10.2. The molecule has 0 saturated carbocycles. The van der Waals surface area contributed by atoms with Gasteiger partial charge in [0.2, 0.25) is 0 Å². The summed E-state index contributed by atoms with van der Waals surface area (Å²) in [4.78, 5) is 0. The van der Waals surface area contributed by atoms with E-state index in [1.54, 1.807) is 21.3 Å². The molecule has 0 amide bonds. The lowest BCUT2D eigenvalue weighted by Crippen LogP contribution is -2.56. The van der Waals surface area contributed by atoms with Crippen molar-refractivity contribution in [1.29, 1.82) is 0 Å². The van der Waals surface area contributed by atoms with Crippen LogP contribution in [0.25, 0.3) is 0 Å². The van der Waals surface area contributed by atoms with E-state index in [4.69, 9.17) is 18.0 Å². The van der Waals surface area contributed by atoms with Crippen LogP contribution in [0, 0.1) is 0 Å². The van der Waals surface area contributed by atoms with Gasteiger partial charge in [-0.25, -0.2) is 0 Å². The van der Waals surface area contributed by atoms with E-state index in [1.807, 2.05) is 0 Å². The van der Waals surface area contributed by atoms with Crippen LogP contribution in [0.5, 0.6) is 0 Å². The summed E-state index contributed by atoms with van der Waals surface area (Å²) in [6.07, 6.45) is 22.3. The van der Waals surface area contributed by atoms with Crippen molar-refractivity contribution in [2.24, 2.45) is 0 Å². The molecule has 1 saturated heterocycles. The highest BCUT2D eigenvalue weighted by molar-refractivity contribution is 6.60. The lowest BCUT2D eigenvalue weighted by molar-refractivity contribution is -0.211. The number of rotatable bonds is 18. The van der Waals surface area contributed by atoms with Crippen LogP contribution < -0.4 is 0 Å². The quantitative estimate of drug-likeness (QED) is 0.174. The van der Waals surface area contributed by atoms with E-state index in [9.17, 15) is 0 Å². The zero-order valence-corrected chi connectivity index (χ0v) is 20.4. The predicted molar refractivity (Wildman–Crippen MR) is 120 cm³/mol.